The van der Waals surface area contributed by atoms with Crippen molar-refractivity contribution in [3.8, 4) is 0 Å². The number of hydrogen-bond donors (Lipinski definition) is 0. The molecule has 0 aliphatic heterocycles. The van der Waals surface area contributed by atoms with Crippen LogP contribution in [0, 0.1) is 12.9 Å². The van der Waals surface area contributed by atoms with Gasteiger partial charge in [0.1, 0.15) is 5.69 Å². The van der Waals surface area contributed by atoms with E-state index < -0.39 is 11.4 Å². The molecule has 0 aromatic carbocycles. The van der Waals surface area contributed by atoms with Crippen LogP contribution in [0.1, 0.15) is 19.5 Å². The Morgan fingerprint density at radius 3 is 2.27 bits per heavy atom. The molecule has 0 saturated carbocycles. The number of aromatic nitrogens is 2. The second kappa shape index (κ2) is 2.57. The van der Waals surface area contributed by atoms with E-state index in [0.29, 0.717) is 5.69 Å². The molecule has 1 aromatic heterocycles. The molecule has 0 aliphatic rings. The number of rotatable bonds is 1. The van der Waals surface area contributed by atoms with Crippen LogP contribution in [0.5, 0.6) is 0 Å². The largest absolute Gasteiger partial charge is 0.254 e. The lowest BCUT2D eigenvalue weighted by atomic mass is 9.92. The van der Waals surface area contributed by atoms with E-state index in [9.17, 15) is 4.39 Å². The molecule has 0 spiro atoms. The van der Waals surface area contributed by atoms with Crippen LogP contribution in [0.3, 0.4) is 0 Å². The number of hydrogen-bond acceptors (Lipinski definition) is 2. The van der Waals surface area contributed by atoms with Gasteiger partial charge >= 0.3 is 0 Å². The van der Waals surface area contributed by atoms with Gasteiger partial charge in [0.05, 0.1) is 0 Å². The molecule has 0 bridgehead atoms. The molecule has 0 saturated heterocycles. The Hall–Kier alpha value is -0.990. The topological polar surface area (TPSA) is 25.8 Å². The van der Waals surface area contributed by atoms with Crippen LogP contribution in [0.4, 0.5) is 4.39 Å². The molecule has 2 nitrogen and oxygen atoms in total. The van der Waals surface area contributed by atoms with Gasteiger partial charge < -0.3 is 0 Å². The van der Waals surface area contributed by atoms with Gasteiger partial charge in [0.15, 0.2) is 0 Å². The minimum atomic E-state index is -0.535. The van der Waals surface area contributed by atoms with Crippen LogP contribution >= 0.6 is 0 Å². The Bertz CT molecular complexity index is 253. The Labute approximate surface area is 65.5 Å². The third-order valence-electron chi connectivity index (χ3n) is 1.29. The van der Waals surface area contributed by atoms with Crippen molar-refractivity contribution in [2.24, 2.45) is 0 Å². The first-order valence-electron chi connectivity index (χ1n) is 3.34. The van der Waals surface area contributed by atoms with Gasteiger partial charge in [0, 0.05) is 17.8 Å². The third-order valence-corrected chi connectivity index (χ3v) is 1.29. The Kier molecular flexibility index (Phi) is 1.89. The summed E-state index contributed by atoms with van der Waals surface area (Å²) in [5.74, 6) is -0.535. The van der Waals surface area contributed by atoms with Crippen molar-refractivity contribution in [3.63, 3.8) is 0 Å². The van der Waals surface area contributed by atoms with Crippen molar-refractivity contribution in [1.29, 1.82) is 0 Å². The summed E-state index contributed by atoms with van der Waals surface area (Å²) < 4.78 is 12.9. The Balaban J connectivity index is 3.14. The first kappa shape index (κ1) is 8.11. The van der Waals surface area contributed by atoms with Crippen molar-refractivity contribution in [1.82, 2.24) is 9.97 Å². The minimum absolute atomic E-state index is 0.306. The smallest absolute Gasteiger partial charge is 0.235 e. The highest BCUT2D eigenvalue weighted by molar-refractivity contribution is 5.12. The maximum atomic E-state index is 12.9. The molecule has 1 heterocycles. The predicted molar refractivity (Wildman–Crippen MR) is 40.4 cm³/mol. The normalized spacial score (nSPS) is 11.6. The van der Waals surface area contributed by atoms with Gasteiger partial charge in [-0.1, -0.05) is 13.8 Å². The molecule has 0 aliphatic carbocycles. The fourth-order valence-electron chi connectivity index (χ4n) is 0.775. The van der Waals surface area contributed by atoms with Gasteiger partial charge in [-0.25, -0.2) is 4.98 Å². The average Bonchev–Trinajstić information content (AvgIpc) is 1.86. The first-order valence-corrected chi connectivity index (χ1v) is 3.34. The second-order valence-corrected chi connectivity index (χ2v) is 3.08. The first-order chi connectivity index (χ1) is 5.02. The SMILES string of the molecule is [CH2]C(C)(C)c1nccnc1F. The highest BCUT2D eigenvalue weighted by Gasteiger charge is 2.20. The van der Waals surface area contributed by atoms with Crippen LogP contribution in [0.15, 0.2) is 12.4 Å². The number of halogens is 1. The molecule has 1 radical (unpaired) electrons. The highest BCUT2D eigenvalue weighted by Crippen LogP contribution is 2.19. The molecule has 1 rings (SSSR count). The van der Waals surface area contributed by atoms with Gasteiger partial charge in [-0.15, -0.1) is 0 Å². The molecule has 11 heavy (non-hydrogen) atoms. The molecule has 0 atom stereocenters. The fraction of sp³-hybridized carbons (Fsp3) is 0.375. The molecular formula is C8H10FN2. The van der Waals surface area contributed by atoms with Gasteiger partial charge in [0.25, 0.3) is 0 Å². The Morgan fingerprint density at radius 2 is 1.91 bits per heavy atom. The summed E-state index contributed by atoms with van der Waals surface area (Å²) in [6.07, 6.45) is 2.79. The molecule has 1 aromatic rings. The fourth-order valence-corrected chi connectivity index (χ4v) is 0.775. The lowest BCUT2D eigenvalue weighted by Gasteiger charge is -2.16. The zero-order valence-corrected chi connectivity index (χ0v) is 6.63. The zero-order valence-electron chi connectivity index (χ0n) is 6.63. The summed E-state index contributed by atoms with van der Waals surface area (Å²) in [6.45, 7) is 7.34. The number of nitrogens with zero attached hydrogens (tertiary/aromatic N) is 2. The van der Waals surface area contributed by atoms with Crippen LogP contribution in [0.2, 0.25) is 0 Å². The van der Waals surface area contributed by atoms with Crippen LogP contribution < -0.4 is 0 Å². The summed E-state index contributed by atoms with van der Waals surface area (Å²) >= 11 is 0. The lowest BCUT2D eigenvalue weighted by molar-refractivity contribution is 0.506. The van der Waals surface area contributed by atoms with E-state index in [-0.39, 0.29) is 0 Å². The van der Waals surface area contributed by atoms with E-state index in [1.807, 2.05) is 0 Å². The summed E-state index contributed by atoms with van der Waals surface area (Å²) in [7, 11) is 0. The minimum Gasteiger partial charge on any atom is -0.254 e. The van der Waals surface area contributed by atoms with Gasteiger partial charge in [-0.05, 0) is 6.92 Å². The van der Waals surface area contributed by atoms with E-state index in [1.165, 1.54) is 12.4 Å². The lowest BCUT2D eigenvalue weighted by Crippen LogP contribution is -2.16. The zero-order chi connectivity index (χ0) is 8.48. The highest BCUT2D eigenvalue weighted by atomic mass is 19.1. The van der Waals surface area contributed by atoms with E-state index in [4.69, 9.17) is 0 Å². The van der Waals surface area contributed by atoms with E-state index in [1.54, 1.807) is 13.8 Å². The monoisotopic (exact) mass is 153 g/mol. The third kappa shape index (κ3) is 1.73. The van der Waals surface area contributed by atoms with Crippen LogP contribution in [-0.2, 0) is 5.41 Å². The van der Waals surface area contributed by atoms with Gasteiger partial charge in [-0.2, -0.15) is 4.39 Å². The average molecular weight is 153 g/mol. The van der Waals surface area contributed by atoms with Crippen molar-refractivity contribution >= 4 is 0 Å². The molecule has 0 fully saturated rings. The molecule has 0 unspecified atom stereocenters. The summed E-state index contributed by atoms with van der Waals surface area (Å²) in [6, 6.07) is 0. The molecule has 0 amide bonds. The molecular weight excluding hydrogens is 143 g/mol. The quantitative estimate of drug-likeness (QED) is 0.614. The molecule has 0 N–H and O–H groups in total. The summed E-state index contributed by atoms with van der Waals surface area (Å²) in [5, 5.41) is 0. The van der Waals surface area contributed by atoms with E-state index in [2.05, 4.69) is 16.9 Å². The summed E-state index contributed by atoms with van der Waals surface area (Å²) in [4.78, 5) is 7.33. The van der Waals surface area contributed by atoms with Gasteiger partial charge in [0.2, 0.25) is 5.95 Å². The summed E-state index contributed by atoms with van der Waals surface area (Å²) in [5.41, 5.74) is -0.210. The van der Waals surface area contributed by atoms with Crippen LogP contribution in [0.25, 0.3) is 0 Å². The maximum Gasteiger partial charge on any atom is 0.235 e. The maximum absolute atomic E-state index is 12.9. The van der Waals surface area contributed by atoms with Crippen molar-refractivity contribution < 1.29 is 4.39 Å². The van der Waals surface area contributed by atoms with Crippen molar-refractivity contribution in [2.75, 3.05) is 0 Å². The van der Waals surface area contributed by atoms with Crippen molar-refractivity contribution in [3.05, 3.63) is 31.0 Å². The second-order valence-electron chi connectivity index (χ2n) is 3.08. The van der Waals surface area contributed by atoms with Gasteiger partial charge in [-0.3, -0.25) is 4.98 Å². The standard InChI is InChI=1S/C8H10FN2/c1-8(2,3)6-7(9)11-5-4-10-6/h4-5H,1H2,2-3H3. The predicted octanol–water partition coefficient (Wildman–Crippen LogP) is 1.73. The Morgan fingerprint density at radius 1 is 1.36 bits per heavy atom. The van der Waals surface area contributed by atoms with E-state index in [0.717, 1.165) is 0 Å². The van der Waals surface area contributed by atoms with Crippen molar-refractivity contribution in [2.45, 2.75) is 19.3 Å². The van der Waals surface area contributed by atoms with Crippen LogP contribution in [-0.4, -0.2) is 9.97 Å². The molecule has 3 heteroatoms. The molecule has 59 valence electrons. The van der Waals surface area contributed by atoms with E-state index >= 15 is 0 Å².